The molecule has 19 heavy (non-hydrogen) atoms. The number of nitrogens with one attached hydrogen (secondary N) is 1. The third-order valence-electron chi connectivity index (χ3n) is 3.28. The number of hydrogen-bond acceptors (Lipinski definition) is 4. The number of rotatable bonds is 4. The molecule has 1 unspecified atom stereocenters. The fourth-order valence-electron chi connectivity index (χ4n) is 2.06. The average molecular weight is 254 g/mol. The number of anilines is 1. The molecule has 98 valence electrons. The molecule has 2 aromatic rings. The summed E-state index contributed by atoms with van der Waals surface area (Å²) in [6.45, 7) is 4.75. The quantitative estimate of drug-likeness (QED) is 0.879. The van der Waals surface area contributed by atoms with Gasteiger partial charge in [0.1, 0.15) is 6.07 Å². The average Bonchev–Trinajstić information content (AvgIpc) is 2.44. The minimum Gasteiger partial charge on any atom is -0.379 e. The highest BCUT2D eigenvalue weighted by atomic mass is 15.0. The van der Waals surface area contributed by atoms with E-state index >= 15 is 0 Å². The topological polar surface area (TPSA) is 74.7 Å². The van der Waals surface area contributed by atoms with Gasteiger partial charge in [-0.05, 0) is 12.0 Å². The first-order valence-electron chi connectivity index (χ1n) is 6.41. The van der Waals surface area contributed by atoms with E-state index in [1.807, 2.05) is 24.3 Å². The van der Waals surface area contributed by atoms with Crippen molar-refractivity contribution in [2.75, 3.05) is 11.9 Å². The van der Waals surface area contributed by atoms with Gasteiger partial charge in [-0.2, -0.15) is 5.26 Å². The number of nitrogens with zero attached hydrogens (tertiary/aromatic N) is 2. The lowest BCUT2D eigenvalue weighted by Gasteiger charge is -2.23. The number of para-hydroxylation sites is 1. The first-order valence-corrected chi connectivity index (χ1v) is 6.41. The molecule has 0 fully saturated rings. The zero-order valence-electron chi connectivity index (χ0n) is 11.2. The van der Waals surface area contributed by atoms with Gasteiger partial charge in [0.25, 0.3) is 0 Å². The molecule has 0 saturated heterocycles. The number of benzene rings is 1. The van der Waals surface area contributed by atoms with Gasteiger partial charge in [-0.15, -0.1) is 0 Å². The predicted octanol–water partition coefficient (Wildman–Crippen LogP) is 2.50. The first-order chi connectivity index (χ1) is 9.17. The van der Waals surface area contributed by atoms with Crippen molar-refractivity contribution in [3.8, 4) is 6.07 Å². The summed E-state index contributed by atoms with van der Waals surface area (Å²) in [4.78, 5) is 4.30. The molecule has 1 aromatic carbocycles. The van der Waals surface area contributed by atoms with Crippen molar-refractivity contribution < 1.29 is 0 Å². The van der Waals surface area contributed by atoms with Crippen molar-refractivity contribution in [3.05, 3.63) is 36.0 Å². The Balaban J connectivity index is 2.53. The predicted molar refractivity (Wildman–Crippen MR) is 77.8 cm³/mol. The first kappa shape index (κ1) is 13.3. The van der Waals surface area contributed by atoms with Crippen molar-refractivity contribution in [2.45, 2.75) is 19.9 Å². The van der Waals surface area contributed by atoms with E-state index in [0.29, 0.717) is 18.0 Å². The molecule has 0 bridgehead atoms. The molecule has 0 aliphatic carbocycles. The highest BCUT2D eigenvalue weighted by molar-refractivity contribution is 5.93. The minimum absolute atomic E-state index is 0.137. The number of nitrogens with two attached hydrogens (primary N) is 1. The largest absolute Gasteiger partial charge is 0.379 e. The van der Waals surface area contributed by atoms with Gasteiger partial charge in [0.15, 0.2) is 0 Å². The maximum absolute atomic E-state index is 9.24. The van der Waals surface area contributed by atoms with Gasteiger partial charge in [0, 0.05) is 24.2 Å². The smallest absolute Gasteiger partial charge is 0.103 e. The van der Waals surface area contributed by atoms with Crippen LogP contribution in [0.4, 0.5) is 5.69 Å². The SMILES string of the molecule is CC(C)C(CN)Nc1c(C#N)cnc2ccccc12. The highest BCUT2D eigenvalue weighted by Gasteiger charge is 2.15. The van der Waals surface area contributed by atoms with Crippen molar-refractivity contribution in [2.24, 2.45) is 11.7 Å². The van der Waals surface area contributed by atoms with Crippen LogP contribution in [0.15, 0.2) is 30.5 Å². The molecular weight excluding hydrogens is 236 g/mol. The van der Waals surface area contributed by atoms with E-state index in [9.17, 15) is 5.26 Å². The molecule has 0 aliphatic rings. The van der Waals surface area contributed by atoms with E-state index in [4.69, 9.17) is 5.73 Å². The number of aromatic nitrogens is 1. The normalized spacial score (nSPS) is 12.4. The van der Waals surface area contributed by atoms with Gasteiger partial charge >= 0.3 is 0 Å². The van der Waals surface area contributed by atoms with Gasteiger partial charge in [-0.25, -0.2) is 0 Å². The Morgan fingerprint density at radius 3 is 2.74 bits per heavy atom. The van der Waals surface area contributed by atoms with E-state index in [0.717, 1.165) is 16.6 Å². The maximum atomic E-state index is 9.24. The van der Waals surface area contributed by atoms with E-state index in [1.54, 1.807) is 6.20 Å². The van der Waals surface area contributed by atoms with Crippen LogP contribution in [0.5, 0.6) is 0 Å². The standard InChI is InChI=1S/C15H18N4/c1-10(2)14(8-17)19-15-11(7-16)9-18-13-6-4-3-5-12(13)15/h3-6,9-10,14H,8,17H2,1-2H3,(H,18,19). The number of hydrogen-bond donors (Lipinski definition) is 2. The highest BCUT2D eigenvalue weighted by Crippen LogP contribution is 2.26. The van der Waals surface area contributed by atoms with Crippen LogP contribution in [0.2, 0.25) is 0 Å². The van der Waals surface area contributed by atoms with Crippen LogP contribution >= 0.6 is 0 Å². The van der Waals surface area contributed by atoms with Gasteiger partial charge in [-0.3, -0.25) is 4.98 Å². The molecule has 1 heterocycles. The van der Waals surface area contributed by atoms with Crippen molar-refractivity contribution in [1.29, 1.82) is 5.26 Å². The van der Waals surface area contributed by atoms with Crippen LogP contribution in [0.25, 0.3) is 10.9 Å². The number of fused-ring (bicyclic) bond motifs is 1. The van der Waals surface area contributed by atoms with Crippen molar-refractivity contribution in [3.63, 3.8) is 0 Å². The molecule has 2 rings (SSSR count). The number of pyridine rings is 1. The van der Waals surface area contributed by atoms with Gasteiger partial charge in [0.2, 0.25) is 0 Å². The molecule has 3 N–H and O–H groups in total. The molecule has 0 aliphatic heterocycles. The summed E-state index contributed by atoms with van der Waals surface area (Å²) < 4.78 is 0. The zero-order chi connectivity index (χ0) is 13.8. The van der Waals surface area contributed by atoms with Crippen LogP contribution in [0.1, 0.15) is 19.4 Å². The monoisotopic (exact) mass is 254 g/mol. The molecule has 0 spiro atoms. The Hall–Kier alpha value is -2.12. The molecule has 0 saturated carbocycles. The molecule has 4 heteroatoms. The third-order valence-corrected chi connectivity index (χ3v) is 3.28. The Kier molecular flexibility index (Phi) is 3.98. The van der Waals surface area contributed by atoms with Crippen LogP contribution < -0.4 is 11.1 Å². The van der Waals surface area contributed by atoms with Crippen molar-refractivity contribution >= 4 is 16.6 Å². The second-order valence-electron chi connectivity index (χ2n) is 4.91. The Morgan fingerprint density at radius 1 is 1.37 bits per heavy atom. The summed E-state index contributed by atoms with van der Waals surface area (Å²) in [6, 6.07) is 10.1. The van der Waals surface area contributed by atoms with E-state index in [2.05, 4.69) is 30.2 Å². The minimum atomic E-state index is 0.137. The summed E-state index contributed by atoms with van der Waals surface area (Å²) in [5, 5.41) is 13.6. The van der Waals surface area contributed by atoms with E-state index in [-0.39, 0.29) is 6.04 Å². The van der Waals surface area contributed by atoms with Crippen LogP contribution in [0, 0.1) is 17.2 Å². The summed E-state index contributed by atoms with van der Waals surface area (Å²) in [5.74, 6) is 0.392. The Morgan fingerprint density at radius 2 is 2.11 bits per heavy atom. The van der Waals surface area contributed by atoms with Gasteiger partial charge < -0.3 is 11.1 Å². The van der Waals surface area contributed by atoms with Crippen molar-refractivity contribution in [1.82, 2.24) is 4.98 Å². The van der Waals surface area contributed by atoms with Crippen LogP contribution in [-0.2, 0) is 0 Å². The lowest BCUT2D eigenvalue weighted by Crippen LogP contribution is -2.34. The lowest BCUT2D eigenvalue weighted by atomic mass is 10.0. The maximum Gasteiger partial charge on any atom is 0.103 e. The second-order valence-corrected chi connectivity index (χ2v) is 4.91. The molecular formula is C15H18N4. The molecule has 4 nitrogen and oxygen atoms in total. The van der Waals surface area contributed by atoms with Gasteiger partial charge in [-0.1, -0.05) is 32.0 Å². The molecule has 0 amide bonds. The second kappa shape index (κ2) is 5.68. The fourth-order valence-corrected chi connectivity index (χ4v) is 2.06. The lowest BCUT2D eigenvalue weighted by molar-refractivity contribution is 0.532. The summed E-state index contributed by atoms with van der Waals surface area (Å²) in [6.07, 6.45) is 1.61. The van der Waals surface area contributed by atoms with E-state index < -0.39 is 0 Å². The Labute approximate surface area is 113 Å². The molecule has 0 radical (unpaired) electrons. The Bertz CT molecular complexity index is 613. The molecule has 1 atom stereocenters. The summed E-state index contributed by atoms with van der Waals surface area (Å²) in [5.41, 5.74) is 8.06. The van der Waals surface area contributed by atoms with Gasteiger partial charge in [0.05, 0.1) is 16.8 Å². The summed E-state index contributed by atoms with van der Waals surface area (Å²) in [7, 11) is 0. The van der Waals surface area contributed by atoms with Crippen LogP contribution in [-0.4, -0.2) is 17.6 Å². The third kappa shape index (κ3) is 2.67. The fraction of sp³-hybridized carbons (Fsp3) is 0.333. The van der Waals surface area contributed by atoms with Crippen LogP contribution in [0.3, 0.4) is 0 Å². The summed E-state index contributed by atoms with van der Waals surface area (Å²) >= 11 is 0. The number of nitriles is 1. The van der Waals surface area contributed by atoms with E-state index in [1.165, 1.54) is 0 Å². The molecule has 1 aromatic heterocycles. The zero-order valence-corrected chi connectivity index (χ0v) is 11.2.